The maximum atomic E-state index is 13.9. The van der Waals surface area contributed by atoms with E-state index in [9.17, 15) is 31.9 Å². The summed E-state index contributed by atoms with van der Waals surface area (Å²) in [6, 6.07) is 23.1. The number of nitrogens with one attached hydrogen (secondary N) is 3. The normalized spacial score (nSPS) is 11.8. The van der Waals surface area contributed by atoms with Gasteiger partial charge in [0.05, 0.1) is 11.3 Å². The molecule has 1 atom stereocenters. The average molecular weight is 566 g/mol. The van der Waals surface area contributed by atoms with Crippen LogP contribution in [-0.2, 0) is 21.4 Å². The molecule has 0 aliphatic heterocycles. The molecular weight excluding hydrogens is 540 g/mol. The van der Waals surface area contributed by atoms with E-state index in [1.807, 2.05) is 30.3 Å². The van der Waals surface area contributed by atoms with Crippen molar-refractivity contribution < 1.29 is 31.9 Å². The van der Waals surface area contributed by atoms with E-state index in [1.165, 1.54) is 42.5 Å². The Morgan fingerprint density at radius 2 is 1.45 bits per heavy atom. The van der Waals surface area contributed by atoms with Gasteiger partial charge in [0, 0.05) is 29.9 Å². The predicted molar refractivity (Wildman–Crippen MR) is 146 cm³/mol. The number of aliphatic carboxylic acids is 1. The van der Waals surface area contributed by atoms with Gasteiger partial charge in [-0.1, -0.05) is 48.5 Å². The highest BCUT2D eigenvalue weighted by Crippen LogP contribution is 2.31. The van der Waals surface area contributed by atoms with Crippen LogP contribution in [0, 0.1) is 11.6 Å². The summed E-state index contributed by atoms with van der Waals surface area (Å²) in [5.41, 5.74) is 1.71. The zero-order valence-corrected chi connectivity index (χ0v) is 21.8. The van der Waals surface area contributed by atoms with Gasteiger partial charge in [-0.05, 0) is 59.2 Å². The van der Waals surface area contributed by atoms with Crippen molar-refractivity contribution in [2.45, 2.75) is 23.8 Å². The molecule has 4 rings (SSSR count). The van der Waals surface area contributed by atoms with Crippen molar-refractivity contribution in [3.05, 3.63) is 125 Å². The number of hydrogen-bond acceptors (Lipinski definition) is 4. The summed E-state index contributed by atoms with van der Waals surface area (Å²) in [6.07, 6.45) is -0.473. The molecule has 8 nitrogen and oxygen atoms in total. The van der Waals surface area contributed by atoms with E-state index in [4.69, 9.17) is 0 Å². The molecule has 0 fully saturated rings. The van der Waals surface area contributed by atoms with Crippen LogP contribution in [0.5, 0.6) is 0 Å². The fourth-order valence-corrected chi connectivity index (χ4v) is 5.20. The van der Waals surface area contributed by atoms with Gasteiger partial charge >= 0.3 is 12.0 Å². The molecule has 0 bridgehead atoms. The summed E-state index contributed by atoms with van der Waals surface area (Å²) in [6.45, 7) is 0.285. The highest BCUT2D eigenvalue weighted by Gasteiger charge is 2.21. The molecule has 0 heterocycles. The smallest absolute Gasteiger partial charge is 0.319 e. The maximum Gasteiger partial charge on any atom is 0.319 e. The van der Waals surface area contributed by atoms with Crippen LogP contribution in [0.3, 0.4) is 0 Å². The fourth-order valence-electron chi connectivity index (χ4n) is 4.11. The monoisotopic (exact) mass is 565 g/mol. The molecular formula is C29H25F2N3O5S. The third-order valence-corrected chi connectivity index (χ3v) is 7.28. The molecule has 0 spiro atoms. The van der Waals surface area contributed by atoms with Crippen molar-refractivity contribution in [3.63, 3.8) is 0 Å². The Hall–Kier alpha value is -4.77. The molecule has 0 saturated heterocycles. The molecule has 2 amide bonds. The van der Waals surface area contributed by atoms with Crippen LogP contribution < -0.4 is 15.4 Å². The second kappa shape index (κ2) is 12.4. The van der Waals surface area contributed by atoms with E-state index in [0.29, 0.717) is 11.6 Å². The van der Waals surface area contributed by atoms with Crippen molar-refractivity contribution >= 4 is 33.4 Å². The van der Waals surface area contributed by atoms with Crippen molar-refractivity contribution in [3.8, 4) is 0 Å². The molecule has 0 saturated carbocycles. The number of urea groups is 1. The number of hydrogen-bond donors (Lipinski definition) is 4. The SMILES string of the molecule is O=C(O)CC(c1cc(F)cc(F)c1)c1cccc(NS(=O)(=O)c2cccc(NC(=O)NCc3ccccc3)c2)c1. The van der Waals surface area contributed by atoms with Gasteiger partial charge in [-0.3, -0.25) is 9.52 Å². The molecule has 4 N–H and O–H groups in total. The average Bonchev–Trinajstić information content (AvgIpc) is 2.90. The molecule has 0 radical (unpaired) electrons. The second-order valence-corrected chi connectivity index (χ2v) is 10.6. The summed E-state index contributed by atoms with van der Waals surface area (Å²) >= 11 is 0. The number of carbonyl (C=O) groups is 2. The Balaban J connectivity index is 1.51. The first-order chi connectivity index (χ1) is 19.1. The molecule has 11 heteroatoms. The highest BCUT2D eigenvalue weighted by atomic mass is 32.2. The third-order valence-electron chi connectivity index (χ3n) is 5.91. The van der Waals surface area contributed by atoms with Gasteiger partial charge in [-0.25, -0.2) is 22.0 Å². The van der Waals surface area contributed by atoms with Gasteiger partial charge in [-0.2, -0.15) is 0 Å². The largest absolute Gasteiger partial charge is 0.481 e. The summed E-state index contributed by atoms with van der Waals surface area (Å²) in [5.74, 6) is -3.85. The summed E-state index contributed by atoms with van der Waals surface area (Å²) in [7, 11) is -4.13. The lowest BCUT2D eigenvalue weighted by atomic mass is 9.88. The lowest BCUT2D eigenvalue weighted by Crippen LogP contribution is -2.28. The quantitative estimate of drug-likeness (QED) is 0.197. The minimum absolute atomic E-state index is 0.101. The van der Waals surface area contributed by atoms with E-state index in [0.717, 1.165) is 17.7 Å². The minimum Gasteiger partial charge on any atom is -0.481 e. The maximum absolute atomic E-state index is 13.9. The van der Waals surface area contributed by atoms with Gasteiger partial charge in [0.25, 0.3) is 10.0 Å². The Kier molecular flexibility index (Phi) is 8.75. The van der Waals surface area contributed by atoms with Crippen molar-refractivity contribution in [2.75, 3.05) is 10.0 Å². The van der Waals surface area contributed by atoms with E-state index in [-0.39, 0.29) is 28.4 Å². The number of carboxylic acids is 1. The summed E-state index contributed by atoms with van der Waals surface area (Å²) < 4.78 is 56.4. The van der Waals surface area contributed by atoms with Gasteiger partial charge in [0.1, 0.15) is 11.6 Å². The van der Waals surface area contributed by atoms with Gasteiger partial charge in [0.15, 0.2) is 0 Å². The first-order valence-corrected chi connectivity index (χ1v) is 13.6. The number of benzene rings is 4. The molecule has 0 aliphatic carbocycles. The van der Waals surface area contributed by atoms with Gasteiger partial charge < -0.3 is 15.7 Å². The number of halogens is 2. The Bertz CT molecular complexity index is 1610. The number of anilines is 2. The number of amides is 2. The Morgan fingerprint density at radius 3 is 2.15 bits per heavy atom. The van der Waals surface area contributed by atoms with Crippen LogP contribution in [0.15, 0.2) is 102 Å². The van der Waals surface area contributed by atoms with Gasteiger partial charge in [0.2, 0.25) is 0 Å². The van der Waals surface area contributed by atoms with Crippen molar-refractivity contribution in [1.29, 1.82) is 0 Å². The molecule has 1 unspecified atom stereocenters. The standard InChI is InChI=1S/C29H25F2N3O5S/c30-22-12-21(13-23(31)15-22)27(17-28(35)36)20-8-4-10-25(14-20)34-40(38,39)26-11-5-9-24(16-26)33-29(37)32-18-19-6-2-1-3-7-19/h1-16,27,34H,17-18H2,(H,35,36)(H2,32,33,37). The van der Waals surface area contributed by atoms with E-state index in [1.54, 1.807) is 6.07 Å². The van der Waals surface area contributed by atoms with E-state index < -0.39 is 46.0 Å². The third kappa shape index (κ3) is 7.64. The molecule has 4 aromatic carbocycles. The zero-order chi connectivity index (χ0) is 28.7. The highest BCUT2D eigenvalue weighted by molar-refractivity contribution is 7.92. The number of rotatable bonds is 10. The second-order valence-electron chi connectivity index (χ2n) is 8.91. The number of sulfonamides is 1. The Morgan fingerprint density at radius 1 is 0.775 bits per heavy atom. The summed E-state index contributed by atoms with van der Waals surface area (Å²) in [4.78, 5) is 23.7. The molecule has 40 heavy (non-hydrogen) atoms. The van der Waals surface area contributed by atoms with Crippen LogP contribution in [0.1, 0.15) is 29.0 Å². The zero-order valence-electron chi connectivity index (χ0n) is 21.0. The molecule has 206 valence electrons. The minimum atomic E-state index is -4.13. The van der Waals surface area contributed by atoms with Crippen LogP contribution in [0.2, 0.25) is 0 Å². The van der Waals surface area contributed by atoms with Crippen molar-refractivity contribution in [1.82, 2.24) is 5.32 Å². The summed E-state index contributed by atoms with van der Waals surface area (Å²) in [5, 5.41) is 14.7. The van der Waals surface area contributed by atoms with Crippen LogP contribution in [-0.4, -0.2) is 25.5 Å². The van der Waals surface area contributed by atoms with Crippen LogP contribution in [0.4, 0.5) is 25.0 Å². The molecule has 4 aromatic rings. The predicted octanol–water partition coefficient (Wildman–Crippen LogP) is 5.69. The number of carbonyl (C=O) groups excluding carboxylic acids is 1. The first kappa shape index (κ1) is 28.2. The molecule has 0 aromatic heterocycles. The first-order valence-electron chi connectivity index (χ1n) is 12.1. The van der Waals surface area contributed by atoms with Crippen LogP contribution in [0.25, 0.3) is 0 Å². The fraction of sp³-hybridized carbons (Fsp3) is 0.103. The van der Waals surface area contributed by atoms with Crippen molar-refractivity contribution in [2.24, 2.45) is 0 Å². The lowest BCUT2D eigenvalue weighted by molar-refractivity contribution is -0.137. The molecule has 0 aliphatic rings. The topological polar surface area (TPSA) is 125 Å². The lowest BCUT2D eigenvalue weighted by Gasteiger charge is -2.18. The van der Waals surface area contributed by atoms with Crippen LogP contribution >= 0.6 is 0 Å². The van der Waals surface area contributed by atoms with Gasteiger partial charge in [-0.15, -0.1) is 0 Å². The van der Waals surface area contributed by atoms with E-state index >= 15 is 0 Å². The number of carboxylic acid groups (broad SMARTS) is 1. The van der Waals surface area contributed by atoms with E-state index in [2.05, 4.69) is 15.4 Å². The Labute approximate surface area is 229 Å².